The summed E-state index contributed by atoms with van der Waals surface area (Å²) < 4.78 is 5.14. The van der Waals surface area contributed by atoms with Crippen molar-refractivity contribution >= 4 is 22.4 Å². The second-order valence-corrected chi connectivity index (χ2v) is 5.91. The zero-order valence-electron chi connectivity index (χ0n) is 10.3. The van der Waals surface area contributed by atoms with Crippen molar-refractivity contribution in [2.45, 2.75) is 46.1 Å². The van der Waals surface area contributed by atoms with Crippen molar-refractivity contribution in [3.05, 3.63) is 11.2 Å². The van der Waals surface area contributed by atoms with Crippen LogP contribution in [0.25, 0.3) is 0 Å². The monoisotopic (exact) mass is 242 g/mol. The first-order valence-electron chi connectivity index (χ1n) is 5.23. The zero-order valence-corrected chi connectivity index (χ0v) is 11.1. The van der Waals surface area contributed by atoms with Crippen molar-refractivity contribution in [3.63, 3.8) is 0 Å². The van der Waals surface area contributed by atoms with E-state index in [1.165, 1.54) is 11.3 Å². The van der Waals surface area contributed by atoms with Crippen LogP contribution in [0.5, 0.6) is 0 Å². The van der Waals surface area contributed by atoms with Crippen molar-refractivity contribution in [2.75, 3.05) is 5.32 Å². The normalized spacial score (nSPS) is 11.6. The van der Waals surface area contributed by atoms with Crippen LogP contribution in [0, 0.1) is 0 Å². The summed E-state index contributed by atoms with van der Waals surface area (Å²) in [6, 6.07) is 0. The molecule has 16 heavy (non-hydrogen) atoms. The van der Waals surface area contributed by atoms with Gasteiger partial charge in [0, 0.05) is 5.92 Å². The highest BCUT2D eigenvalue weighted by atomic mass is 32.1. The lowest BCUT2D eigenvalue weighted by atomic mass is 10.2. The average molecular weight is 242 g/mol. The molecule has 0 spiro atoms. The summed E-state index contributed by atoms with van der Waals surface area (Å²) in [5.41, 5.74) is -0.477. The fourth-order valence-electron chi connectivity index (χ4n) is 1.02. The number of rotatable bonds is 2. The van der Waals surface area contributed by atoms with Crippen LogP contribution >= 0.6 is 11.3 Å². The molecule has 1 amide bonds. The molecule has 1 heterocycles. The summed E-state index contributed by atoms with van der Waals surface area (Å²) in [6.07, 6.45) is 1.22. The van der Waals surface area contributed by atoms with Gasteiger partial charge in [-0.3, -0.25) is 5.32 Å². The number of thiazole rings is 1. The summed E-state index contributed by atoms with van der Waals surface area (Å²) in [4.78, 5) is 15.7. The van der Waals surface area contributed by atoms with Gasteiger partial charge in [-0.1, -0.05) is 13.8 Å². The topological polar surface area (TPSA) is 51.2 Å². The maximum Gasteiger partial charge on any atom is 0.412 e. The van der Waals surface area contributed by atoms with Gasteiger partial charge in [-0.25, -0.2) is 9.78 Å². The Balaban J connectivity index is 2.57. The van der Waals surface area contributed by atoms with Gasteiger partial charge in [-0.05, 0) is 20.8 Å². The molecule has 1 aromatic heterocycles. The van der Waals surface area contributed by atoms with Gasteiger partial charge < -0.3 is 4.74 Å². The van der Waals surface area contributed by atoms with E-state index in [-0.39, 0.29) is 0 Å². The Bertz CT molecular complexity index is 366. The van der Waals surface area contributed by atoms with Gasteiger partial charge in [-0.15, -0.1) is 11.3 Å². The number of anilines is 1. The smallest absolute Gasteiger partial charge is 0.412 e. The van der Waals surface area contributed by atoms with Crippen LogP contribution in [0.1, 0.15) is 45.5 Å². The lowest BCUT2D eigenvalue weighted by Crippen LogP contribution is -2.26. The summed E-state index contributed by atoms with van der Waals surface area (Å²) in [6.45, 7) is 9.63. The lowest BCUT2D eigenvalue weighted by molar-refractivity contribution is 0.0636. The van der Waals surface area contributed by atoms with Gasteiger partial charge in [0.15, 0.2) is 0 Å². The molecule has 1 aromatic rings. The van der Waals surface area contributed by atoms with Crippen molar-refractivity contribution in [1.82, 2.24) is 4.98 Å². The summed E-state index contributed by atoms with van der Waals surface area (Å²) in [5, 5.41) is 4.39. The van der Waals surface area contributed by atoms with E-state index in [1.807, 2.05) is 20.8 Å². The van der Waals surface area contributed by atoms with Gasteiger partial charge in [-0.2, -0.15) is 0 Å². The van der Waals surface area contributed by atoms with E-state index in [4.69, 9.17) is 4.74 Å². The number of nitrogens with one attached hydrogen (secondary N) is 1. The SMILES string of the molecule is CC(C)c1ncc(NC(=O)OC(C)(C)C)s1. The van der Waals surface area contributed by atoms with E-state index >= 15 is 0 Å². The lowest BCUT2D eigenvalue weighted by Gasteiger charge is -2.19. The minimum atomic E-state index is -0.477. The van der Waals surface area contributed by atoms with E-state index < -0.39 is 11.7 Å². The van der Waals surface area contributed by atoms with Crippen molar-refractivity contribution in [1.29, 1.82) is 0 Å². The molecule has 0 unspecified atom stereocenters. The second-order valence-electron chi connectivity index (χ2n) is 4.84. The predicted octanol–water partition coefficient (Wildman–Crippen LogP) is 3.61. The molecule has 0 saturated heterocycles. The Morgan fingerprint density at radius 1 is 1.50 bits per heavy atom. The molecule has 0 aliphatic heterocycles. The first-order valence-corrected chi connectivity index (χ1v) is 6.05. The quantitative estimate of drug-likeness (QED) is 0.861. The van der Waals surface area contributed by atoms with E-state index in [0.717, 1.165) is 10.0 Å². The van der Waals surface area contributed by atoms with Crippen LogP contribution in [0.3, 0.4) is 0 Å². The Morgan fingerprint density at radius 3 is 2.56 bits per heavy atom. The Labute approximate surface area is 100 Å². The molecule has 0 bridgehead atoms. The molecule has 90 valence electrons. The number of hydrogen-bond donors (Lipinski definition) is 1. The van der Waals surface area contributed by atoms with Gasteiger partial charge in [0.05, 0.1) is 11.2 Å². The fraction of sp³-hybridized carbons (Fsp3) is 0.636. The van der Waals surface area contributed by atoms with E-state index in [1.54, 1.807) is 6.20 Å². The highest BCUT2D eigenvalue weighted by Gasteiger charge is 2.17. The van der Waals surface area contributed by atoms with Gasteiger partial charge >= 0.3 is 6.09 Å². The summed E-state index contributed by atoms with van der Waals surface area (Å²) in [5.74, 6) is 0.374. The minimum absolute atomic E-state index is 0.374. The van der Waals surface area contributed by atoms with Crippen LogP contribution in [0.2, 0.25) is 0 Å². The van der Waals surface area contributed by atoms with Crippen LogP contribution in [0.4, 0.5) is 9.80 Å². The van der Waals surface area contributed by atoms with Gasteiger partial charge in [0.1, 0.15) is 10.6 Å². The predicted molar refractivity (Wildman–Crippen MR) is 66.1 cm³/mol. The largest absolute Gasteiger partial charge is 0.444 e. The molecule has 5 heteroatoms. The number of hydrogen-bond acceptors (Lipinski definition) is 4. The third kappa shape index (κ3) is 4.18. The summed E-state index contributed by atoms with van der Waals surface area (Å²) >= 11 is 1.47. The second kappa shape index (κ2) is 4.82. The van der Waals surface area contributed by atoms with Gasteiger partial charge in [0.2, 0.25) is 0 Å². The van der Waals surface area contributed by atoms with Crippen molar-refractivity contribution in [2.24, 2.45) is 0 Å². The number of carbonyl (C=O) groups excluding carboxylic acids is 1. The highest BCUT2D eigenvalue weighted by Crippen LogP contribution is 2.25. The molecule has 1 rings (SSSR count). The molecule has 0 atom stereocenters. The van der Waals surface area contributed by atoms with Crippen LogP contribution in [-0.2, 0) is 4.74 Å². The van der Waals surface area contributed by atoms with Gasteiger partial charge in [0.25, 0.3) is 0 Å². The first-order chi connectivity index (χ1) is 7.28. The van der Waals surface area contributed by atoms with E-state index in [2.05, 4.69) is 24.1 Å². The number of carbonyl (C=O) groups is 1. The third-order valence-electron chi connectivity index (χ3n) is 1.64. The first kappa shape index (κ1) is 13.0. The fourth-order valence-corrected chi connectivity index (χ4v) is 1.82. The molecule has 0 fully saturated rings. The number of nitrogens with zero attached hydrogens (tertiary/aromatic N) is 1. The van der Waals surface area contributed by atoms with E-state index in [9.17, 15) is 4.79 Å². The molecule has 0 radical (unpaired) electrons. The standard InChI is InChI=1S/C11H18N2O2S/c1-7(2)9-12-6-8(16-9)13-10(14)15-11(3,4)5/h6-7H,1-5H3,(H,13,14). The van der Waals surface area contributed by atoms with Crippen LogP contribution in [0.15, 0.2) is 6.20 Å². The molecule has 4 nitrogen and oxygen atoms in total. The molecular formula is C11H18N2O2S. The van der Waals surface area contributed by atoms with Crippen LogP contribution in [-0.4, -0.2) is 16.7 Å². The molecule has 1 N–H and O–H groups in total. The Morgan fingerprint density at radius 2 is 2.12 bits per heavy atom. The van der Waals surface area contributed by atoms with E-state index in [0.29, 0.717) is 5.92 Å². The number of aromatic nitrogens is 1. The third-order valence-corrected chi connectivity index (χ3v) is 2.85. The molecular weight excluding hydrogens is 224 g/mol. The minimum Gasteiger partial charge on any atom is -0.444 e. The Kier molecular flexibility index (Phi) is 3.91. The number of ether oxygens (including phenoxy) is 1. The maximum atomic E-state index is 11.5. The Hall–Kier alpha value is -1.10. The molecule has 0 saturated carbocycles. The van der Waals surface area contributed by atoms with Crippen molar-refractivity contribution < 1.29 is 9.53 Å². The molecule has 0 aromatic carbocycles. The zero-order chi connectivity index (χ0) is 12.3. The molecule has 0 aliphatic carbocycles. The average Bonchev–Trinajstić information content (AvgIpc) is 2.48. The summed E-state index contributed by atoms with van der Waals surface area (Å²) in [7, 11) is 0. The number of amides is 1. The maximum absolute atomic E-state index is 11.5. The highest BCUT2D eigenvalue weighted by molar-refractivity contribution is 7.15. The molecule has 0 aliphatic rings. The van der Waals surface area contributed by atoms with Crippen LogP contribution < -0.4 is 5.32 Å². The van der Waals surface area contributed by atoms with Crippen molar-refractivity contribution in [3.8, 4) is 0 Å².